The molecular weight excluding hydrogens is 345 g/mol. The van der Waals surface area contributed by atoms with E-state index in [4.69, 9.17) is 5.26 Å². The van der Waals surface area contributed by atoms with Crippen molar-refractivity contribution in [3.63, 3.8) is 0 Å². The molecule has 0 bridgehead atoms. The van der Waals surface area contributed by atoms with Crippen molar-refractivity contribution in [2.75, 3.05) is 7.11 Å². The zero-order valence-corrected chi connectivity index (χ0v) is 10.9. The molecule has 0 N–H and O–H groups in total. The van der Waals surface area contributed by atoms with E-state index < -0.39 is 18.0 Å². The second-order valence-electron chi connectivity index (χ2n) is 3.02. The molecule has 0 saturated heterocycles. The molecule has 4 nitrogen and oxygen atoms in total. The Morgan fingerprint density at radius 3 is 2.82 bits per heavy atom. The molecule has 0 aliphatic rings. The fraction of sp³-hybridized carbons (Fsp3) is 0.300. The second kappa shape index (κ2) is 5.86. The molecular formula is C10H7F2IN2O2. The molecule has 0 aromatic carbocycles. The number of carbonyl (C=O) groups excluding carboxylic acids is 1. The van der Waals surface area contributed by atoms with Gasteiger partial charge in [0.2, 0.25) is 0 Å². The zero-order chi connectivity index (χ0) is 13.0. The molecule has 90 valence electrons. The topological polar surface area (TPSA) is 63.0 Å². The standard InChI is InChI=1S/C10H7F2IN2O2/c1-17-8(16)3-5-2-6(13)9(10(11)12)7(4-14)15-5/h2,10H,3H2,1H3. The molecule has 1 rings (SSSR count). The molecule has 1 aromatic rings. The van der Waals surface area contributed by atoms with E-state index >= 15 is 0 Å². The molecule has 1 aromatic heterocycles. The van der Waals surface area contributed by atoms with Crippen LogP contribution in [0.2, 0.25) is 0 Å². The van der Waals surface area contributed by atoms with Crippen LogP contribution >= 0.6 is 22.6 Å². The largest absolute Gasteiger partial charge is 0.469 e. The van der Waals surface area contributed by atoms with Gasteiger partial charge in [0.05, 0.1) is 24.8 Å². The Kier molecular flexibility index (Phi) is 4.74. The summed E-state index contributed by atoms with van der Waals surface area (Å²) in [5.41, 5.74) is -0.519. The van der Waals surface area contributed by atoms with Gasteiger partial charge in [-0.3, -0.25) is 4.79 Å². The number of halogens is 3. The van der Waals surface area contributed by atoms with Gasteiger partial charge in [0.25, 0.3) is 6.43 Å². The Morgan fingerprint density at radius 2 is 2.35 bits per heavy atom. The average molecular weight is 352 g/mol. The molecule has 0 saturated carbocycles. The lowest BCUT2D eigenvalue weighted by atomic mass is 10.1. The van der Waals surface area contributed by atoms with E-state index in [1.807, 2.05) is 0 Å². The molecule has 0 fully saturated rings. The highest BCUT2D eigenvalue weighted by molar-refractivity contribution is 14.1. The highest BCUT2D eigenvalue weighted by Crippen LogP contribution is 2.27. The van der Waals surface area contributed by atoms with E-state index in [-0.39, 0.29) is 21.4 Å². The molecule has 0 atom stereocenters. The zero-order valence-electron chi connectivity index (χ0n) is 8.71. The number of nitrogens with zero attached hydrogens (tertiary/aromatic N) is 2. The van der Waals surface area contributed by atoms with Gasteiger partial charge in [-0.15, -0.1) is 0 Å². The van der Waals surface area contributed by atoms with Gasteiger partial charge in [-0.1, -0.05) is 0 Å². The Hall–Kier alpha value is -1.30. The maximum absolute atomic E-state index is 12.6. The van der Waals surface area contributed by atoms with Crippen LogP contribution in [0.1, 0.15) is 23.4 Å². The number of ether oxygens (including phenoxy) is 1. The summed E-state index contributed by atoms with van der Waals surface area (Å²) in [6.07, 6.45) is -2.92. The fourth-order valence-corrected chi connectivity index (χ4v) is 2.03. The second-order valence-corrected chi connectivity index (χ2v) is 4.19. The number of methoxy groups -OCH3 is 1. The van der Waals surface area contributed by atoms with Crippen LogP contribution in [0.4, 0.5) is 8.78 Å². The van der Waals surface area contributed by atoms with Crippen LogP contribution in [0.3, 0.4) is 0 Å². The van der Waals surface area contributed by atoms with Crippen LogP contribution in [-0.2, 0) is 16.0 Å². The third-order valence-electron chi connectivity index (χ3n) is 1.94. The number of hydrogen-bond donors (Lipinski definition) is 0. The van der Waals surface area contributed by atoms with Crippen molar-refractivity contribution >= 4 is 28.6 Å². The van der Waals surface area contributed by atoms with Gasteiger partial charge in [0.1, 0.15) is 6.07 Å². The smallest absolute Gasteiger partial charge is 0.311 e. The summed E-state index contributed by atoms with van der Waals surface area (Å²) in [5.74, 6) is -0.540. The Labute approximate surface area is 110 Å². The molecule has 0 aliphatic heterocycles. The van der Waals surface area contributed by atoms with Gasteiger partial charge in [-0.05, 0) is 28.7 Å². The highest BCUT2D eigenvalue weighted by Gasteiger charge is 2.20. The first-order valence-corrected chi connectivity index (χ1v) is 5.51. The van der Waals surface area contributed by atoms with Crippen molar-refractivity contribution in [3.05, 3.63) is 26.6 Å². The number of carbonyl (C=O) groups is 1. The first-order chi connectivity index (χ1) is 7.99. The van der Waals surface area contributed by atoms with E-state index in [0.717, 1.165) is 0 Å². The van der Waals surface area contributed by atoms with Crippen LogP contribution in [0.25, 0.3) is 0 Å². The number of alkyl halides is 2. The summed E-state index contributed by atoms with van der Waals surface area (Å²) in [6, 6.07) is 2.95. The van der Waals surface area contributed by atoms with E-state index in [9.17, 15) is 13.6 Å². The fourth-order valence-electron chi connectivity index (χ4n) is 1.18. The van der Waals surface area contributed by atoms with Crippen molar-refractivity contribution in [2.45, 2.75) is 12.8 Å². The molecule has 0 amide bonds. The van der Waals surface area contributed by atoms with Gasteiger partial charge in [0, 0.05) is 3.57 Å². The number of pyridine rings is 1. The number of aromatic nitrogens is 1. The predicted molar refractivity (Wildman–Crippen MR) is 62.3 cm³/mol. The molecule has 0 aliphatic carbocycles. The summed E-state index contributed by atoms with van der Waals surface area (Å²) in [7, 11) is 1.21. The van der Waals surface area contributed by atoms with Gasteiger partial charge in [-0.2, -0.15) is 5.26 Å². The predicted octanol–water partition coefficient (Wildman–Crippen LogP) is 2.21. The van der Waals surface area contributed by atoms with Gasteiger partial charge < -0.3 is 4.74 Å². The van der Waals surface area contributed by atoms with Crippen LogP contribution in [0, 0.1) is 14.9 Å². The molecule has 0 radical (unpaired) electrons. The van der Waals surface area contributed by atoms with E-state index in [2.05, 4.69) is 9.72 Å². The summed E-state index contributed by atoms with van der Waals surface area (Å²) in [6.45, 7) is 0. The monoisotopic (exact) mass is 352 g/mol. The van der Waals surface area contributed by atoms with Gasteiger partial charge in [0.15, 0.2) is 5.69 Å². The quantitative estimate of drug-likeness (QED) is 0.618. The maximum Gasteiger partial charge on any atom is 0.311 e. The lowest BCUT2D eigenvalue weighted by molar-refractivity contribution is -0.139. The minimum absolute atomic E-state index is 0.148. The highest BCUT2D eigenvalue weighted by atomic mass is 127. The van der Waals surface area contributed by atoms with Crippen LogP contribution in [0.15, 0.2) is 6.07 Å². The first kappa shape index (κ1) is 13.8. The minimum atomic E-state index is -2.77. The third kappa shape index (κ3) is 3.33. The van der Waals surface area contributed by atoms with Gasteiger partial charge in [-0.25, -0.2) is 13.8 Å². The van der Waals surface area contributed by atoms with Crippen molar-refractivity contribution in [1.29, 1.82) is 5.26 Å². The first-order valence-electron chi connectivity index (χ1n) is 4.44. The summed E-state index contributed by atoms with van der Waals surface area (Å²) < 4.78 is 29.9. The van der Waals surface area contributed by atoms with E-state index in [1.165, 1.54) is 13.2 Å². The van der Waals surface area contributed by atoms with Crippen molar-refractivity contribution in [1.82, 2.24) is 4.98 Å². The SMILES string of the molecule is COC(=O)Cc1cc(I)c(C(F)F)c(C#N)n1. The number of hydrogen-bond acceptors (Lipinski definition) is 4. The number of nitriles is 1. The number of esters is 1. The van der Waals surface area contributed by atoms with Crippen molar-refractivity contribution in [3.8, 4) is 6.07 Å². The van der Waals surface area contributed by atoms with E-state index in [0.29, 0.717) is 0 Å². The minimum Gasteiger partial charge on any atom is -0.469 e. The lowest BCUT2D eigenvalue weighted by Gasteiger charge is -2.07. The maximum atomic E-state index is 12.6. The molecule has 7 heteroatoms. The Balaban J connectivity index is 3.19. The van der Waals surface area contributed by atoms with Crippen molar-refractivity contribution < 1.29 is 18.3 Å². The van der Waals surface area contributed by atoms with Gasteiger partial charge >= 0.3 is 5.97 Å². The normalized spacial score (nSPS) is 10.1. The molecule has 0 unspecified atom stereocenters. The van der Waals surface area contributed by atoms with Crippen LogP contribution in [0.5, 0.6) is 0 Å². The summed E-state index contributed by atoms with van der Waals surface area (Å²) in [5, 5.41) is 8.74. The molecule has 1 heterocycles. The number of rotatable bonds is 3. The molecule has 17 heavy (non-hydrogen) atoms. The van der Waals surface area contributed by atoms with E-state index in [1.54, 1.807) is 28.7 Å². The van der Waals surface area contributed by atoms with Crippen LogP contribution < -0.4 is 0 Å². The average Bonchev–Trinajstić information content (AvgIpc) is 2.27. The third-order valence-corrected chi connectivity index (χ3v) is 2.83. The summed E-state index contributed by atoms with van der Waals surface area (Å²) in [4.78, 5) is 14.7. The van der Waals surface area contributed by atoms with Crippen LogP contribution in [-0.4, -0.2) is 18.1 Å². The Morgan fingerprint density at radius 1 is 1.71 bits per heavy atom. The Bertz CT molecular complexity index is 486. The summed E-state index contributed by atoms with van der Waals surface area (Å²) >= 11 is 1.69. The lowest BCUT2D eigenvalue weighted by Crippen LogP contribution is -2.09. The van der Waals surface area contributed by atoms with Crippen molar-refractivity contribution in [2.24, 2.45) is 0 Å². The molecule has 0 spiro atoms.